The molecule has 2 heteroatoms. The van der Waals surface area contributed by atoms with E-state index < -0.39 is 0 Å². The molecule has 0 aromatic heterocycles. The van der Waals surface area contributed by atoms with Crippen molar-refractivity contribution in [3.05, 3.63) is 35.4 Å². The summed E-state index contributed by atoms with van der Waals surface area (Å²) >= 11 is 5.54. The molecule has 132 valence electrons. The number of carbonyl (C=O) groups is 1. The lowest BCUT2D eigenvalue weighted by Crippen LogP contribution is -2.25. The third-order valence-electron chi connectivity index (χ3n) is 6.64. The fourth-order valence-corrected chi connectivity index (χ4v) is 5.29. The van der Waals surface area contributed by atoms with Crippen molar-refractivity contribution in [2.45, 2.75) is 77.0 Å². The highest BCUT2D eigenvalue weighted by atomic mass is 35.5. The number of hydrogen-bond donors (Lipinski definition) is 0. The summed E-state index contributed by atoms with van der Waals surface area (Å²) in [5.74, 6) is 3.66. The molecular formula is C22H31ClO. The maximum absolute atomic E-state index is 11.2. The molecule has 0 spiro atoms. The molecule has 0 saturated heterocycles. The van der Waals surface area contributed by atoms with E-state index in [4.69, 9.17) is 11.6 Å². The Morgan fingerprint density at radius 3 is 1.96 bits per heavy atom. The predicted octanol–water partition coefficient (Wildman–Crippen LogP) is 6.95. The van der Waals surface area contributed by atoms with Gasteiger partial charge in [-0.3, -0.25) is 4.79 Å². The van der Waals surface area contributed by atoms with E-state index in [-0.39, 0.29) is 5.24 Å². The van der Waals surface area contributed by atoms with Gasteiger partial charge in [0.1, 0.15) is 0 Å². The van der Waals surface area contributed by atoms with Gasteiger partial charge in [-0.05, 0) is 91.5 Å². The molecule has 2 saturated carbocycles. The van der Waals surface area contributed by atoms with Gasteiger partial charge >= 0.3 is 0 Å². The van der Waals surface area contributed by atoms with E-state index in [0.29, 0.717) is 11.5 Å². The van der Waals surface area contributed by atoms with Gasteiger partial charge in [-0.25, -0.2) is 0 Å². The van der Waals surface area contributed by atoms with Crippen molar-refractivity contribution in [1.29, 1.82) is 0 Å². The largest absolute Gasteiger partial charge is 0.276 e. The van der Waals surface area contributed by atoms with Crippen LogP contribution in [0.1, 0.15) is 93.0 Å². The minimum absolute atomic E-state index is 0.357. The highest BCUT2D eigenvalue weighted by Crippen LogP contribution is 2.44. The molecule has 0 heterocycles. The number of carbonyl (C=O) groups excluding carboxylic acids is 1. The Hall–Kier alpha value is -0.820. The number of hydrogen-bond acceptors (Lipinski definition) is 1. The maximum Gasteiger partial charge on any atom is 0.252 e. The molecule has 0 atom stereocenters. The van der Waals surface area contributed by atoms with Gasteiger partial charge in [0.25, 0.3) is 5.24 Å². The summed E-state index contributed by atoms with van der Waals surface area (Å²) in [7, 11) is 0. The molecule has 24 heavy (non-hydrogen) atoms. The first-order valence-electron chi connectivity index (χ1n) is 9.97. The summed E-state index contributed by atoms with van der Waals surface area (Å²) in [6.07, 6.45) is 14.1. The normalized spacial score (nSPS) is 30.9. The van der Waals surface area contributed by atoms with Crippen LogP contribution in [0, 0.1) is 17.8 Å². The summed E-state index contributed by atoms with van der Waals surface area (Å²) in [5, 5.41) is -0.357. The molecule has 1 nitrogen and oxygen atoms in total. The van der Waals surface area contributed by atoms with Gasteiger partial charge in [0, 0.05) is 5.56 Å². The molecule has 0 amide bonds. The van der Waals surface area contributed by atoms with E-state index in [2.05, 4.69) is 19.1 Å². The van der Waals surface area contributed by atoms with E-state index in [9.17, 15) is 4.79 Å². The Morgan fingerprint density at radius 1 is 0.917 bits per heavy atom. The number of halogens is 1. The zero-order valence-electron chi connectivity index (χ0n) is 15.0. The quantitative estimate of drug-likeness (QED) is 0.527. The fourth-order valence-electron chi connectivity index (χ4n) is 5.17. The van der Waals surface area contributed by atoms with Gasteiger partial charge in [-0.2, -0.15) is 0 Å². The van der Waals surface area contributed by atoms with Gasteiger partial charge < -0.3 is 0 Å². The highest BCUT2D eigenvalue weighted by Gasteiger charge is 2.31. The Balaban J connectivity index is 1.48. The molecule has 0 unspecified atom stereocenters. The van der Waals surface area contributed by atoms with E-state index in [0.717, 1.165) is 17.8 Å². The molecule has 0 aliphatic heterocycles. The van der Waals surface area contributed by atoms with E-state index in [1.807, 2.05) is 12.1 Å². The van der Waals surface area contributed by atoms with Crippen molar-refractivity contribution in [3.63, 3.8) is 0 Å². The summed E-state index contributed by atoms with van der Waals surface area (Å²) in [6, 6.07) is 7.98. The first kappa shape index (κ1) is 18.0. The fraction of sp³-hybridized carbons (Fsp3) is 0.682. The van der Waals surface area contributed by atoms with Crippen molar-refractivity contribution in [1.82, 2.24) is 0 Å². The molecule has 0 radical (unpaired) electrons. The van der Waals surface area contributed by atoms with Crippen LogP contribution < -0.4 is 0 Å². The Labute approximate surface area is 152 Å². The molecule has 2 fully saturated rings. The first-order valence-corrected chi connectivity index (χ1v) is 10.3. The monoisotopic (exact) mass is 346 g/mol. The lowest BCUT2D eigenvalue weighted by molar-refractivity contribution is 0.108. The molecular weight excluding hydrogens is 316 g/mol. The maximum atomic E-state index is 11.2. The third-order valence-corrected chi connectivity index (χ3v) is 6.85. The molecule has 0 bridgehead atoms. The van der Waals surface area contributed by atoms with Crippen LogP contribution in [-0.2, 0) is 0 Å². The van der Waals surface area contributed by atoms with Crippen molar-refractivity contribution >= 4 is 16.8 Å². The van der Waals surface area contributed by atoms with E-state index >= 15 is 0 Å². The third kappa shape index (κ3) is 4.42. The van der Waals surface area contributed by atoms with Crippen LogP contribution in [0.2, 0.25) is 0 Å². The summed E-state index contributed by atoms with van der Waals surface area (Å²) < 4.78 is 0. The van der Waals surface area contributed by atoms with Gasteiger partial charge in [-0.15, -0.1) is 0 Å². The van der Waals surface area contributed by atoms with Crippen LogP contribution >= 0.6 is 11.6 Å². The predicted molar refractivity (Wildman–Crippen MR) is 102 cm³/mol. The van der Waals surface area contributed by atoms with Crippen LogP contribution in [-0.4, -0.2) is 5.24 Å². The lowest BCUT2D eigenvalue weighted by atomic mass is 9.68. The highest BCUT2D eigenvalue weighted by molar-refractivity contribution is 6.67. The van der Waals surface area contributed by atoms with Crippen LogP contribution in [0.25, 0.3) is 0 Å². The smallest absolute Gasteiger partial charge is 0.252 e. The molecule has 2 aliphatic carbocycles. The second-order valence-electron chi connectivity index (χ2n) is 8.08. The molecule has 1 aromatic rings. The Kier molecular flexibility index (Phi) is 6.38. The van der Waals surface area contributed by atoms with Crippen molar-refractivity contribution in [3.8, 4) is 0 Å². The van der Waals surface area contributed by atoms with Crippen LogP contribution in [0.15, 0.2) is 24.3 Å². The second kappa shape index (κ2) is 8.52. The van der Waals surface area contributed by atoms with Gasteiger partial charge in [0.05, 0.1) is 0 Å². The van der Waals surface area contributed by atoms with Gasteiger partial charge in [0.15, 0.2) is 0 Å². The van der Waals surface area contributed by atoms with Crippen molar-refractivity contribution < 1.29 is 4.79 Å². The minimum Gasteiger partial charge on any atom is -0.276 e. The first-order chi connectivity index (χ1) is 11.7. The second-order valence-corrected chi connectivity index (χ2v) is 8.42. The average molecular weight is 347 g/mol. The molecule has 0 N–H and O–H groups in total. The van der Waals surface area contributed by atoms with Crippen molar-refractivity contribution in [2.24, 2.45) is 17.8 Å². The van der Waals surface area contributed by atoms with Crippen LogP contribution in [0.3, 0.4) is 0 Å². The number of benzene rings is 1. The van der Waals surface area contributed by atoms with E-state index in [1.165, 1.54) is 69.8 Å². The summed E-state index contributed by atoms with van der Waals surface area (Å²) in [4.78, 5) is 11.2. The van der Waals surface area contributed by atoms with E-state index in [1.54, 1.807) is 0 Å². The lowest BCUT2D eigenvalue weighted by Gasteiger charge is -2.38. The Bertz CT molecular complexity index is 519. The molecule has 2 aliphatic rings. The number of rotatable bonds is 5. The average Bonchev–Trinajstić information content (AvgIpc) is 2.63. The topological polar surface area (TPSA) is 17.1 Å². The van der Waals surface area contributed by atoms with Gasteiger partial charge in [0.2, 0.25) is 0 Å². The molecule has 3 rings (SSSR count). The SMILES string of the molecule is CCC[C@H]1CC[C@H](C2CCC(c3ccc(C(=O)Cl)cc3)CC2)CC1. The van der Waals surface area contributed by atoms with Crippen LogP contribution in [0.4, 0.5) is 0 Å². The van der Waals surface area contributed by atoms with Crippen LogP contribution in [0.5, 0.6) is 0 Å². The molecule has 1 aromatic carbocycles. The van der Waals surface area contributed by atoms with Gasteiger partial charge in [-0.1, -0.05) is 44.7 Å². The standard InChI is InChI=1S/C22H31ClO/c1-2-3-16-4-6-17(7-5-16)18-8-10-19(11-9-18)20-12-14-21(15-13-20)22(23)24/h12-19H,2-11H2,1H3/t16-,17-,18?,19?. The van der Waals surface area contributed by atoms with Crippen molar-refractivity contribution in [2.75, 3.05) is 0 Å². The summed E-state index contributed by atoms with van der Waals surface area (Å²) in [6.45, 7) is 2.32. The minimum atomic E-state index is -0.357. The Morgan fingerprint density at radius 2 is 1.46 bits per heavy atom. The zero-order valence-corrected chi connectivity index (χ0v) is 15.7. The zero-order chi connectivity index (χ0) is 16.9. The summed E-state index contributed by atoms with van der Waals surface area (Å²) in [5.41, 5.74) is 2.00.